The predicted molar refractivity (Wildman–Crippen MR) is 95.7 cm³/mol. The molecule has 5 nitrogen and oxygen atoms in total. The van der Waals surface area contributed by atoms with E-state index in [1.165, 1.54) is 5.47 Å². The fourth-order valence-corrected chi connectivity index (χ4v) is 2.84. The molecule has 1 N–H and O–H groups in total. The number of rotatable bonds is 3. The third-order valence-corrected chi connectivity index (χ3v) is 5.04. The molecule has 1 saturated heterocycles. The second-order valence-electron chi connectivity index (χ2n) is 8.89. The topological polar surface area (TPSA) is 56.8 Å². The number of allylic oxidation sites excluding steroid dienone is 2. The summed E-state index contributed by atoms with van der Waals surface area (Å²) in [6.45, 7) is 14.5. The van der Waals surface area contributed by atoms with Gasteiger partial charge in [0.2, 0.25) is 0 Å². The second kappa shape index (κ2) is 6.72. The SMILES string of the molecule is CC(C)(C)OC(=O)NCC1CC=C(B2OC(C)(C)C(C)(C)O2)CC1. The molecule has 136 valence electrons. The van der Waals surface area contributed by atoms with E-state index in [1.54, 1.807) is 0 Å². The largest absolute Gasteiger partial charge is 0.490 e. The van der Waals surface area contributed by atoms with E-state index in [9.17, 15) is 4.79 Å². The summed E-state index contributed by atoms with van der Waals surface area (Å²) in [5.41, 5.74) is 0.170. The maximum atomic E-state index is 11.7. The van der Waals surface area contributed by atoms with Gasteiger partial charge in [0, 0.05) is 6.54 Å². The lowest BCUT2D eigenvalue weighted by Crippen LogP contribution is -2.41. The number of amides is 1. The van der Waals surface area contributed by atoms with Crippen LogP contribution in [0.2, 0.25) is 0 Å². The molecule has 0 aromatic heterocycles. The molecule has 1 aliphatic heterocycles. The fraction of sp³-hybridized carbons (Fsp3) is 0.833. The van der Waals surface area contributed by atoms with Crippen LogP contribution >= 0.6 is 0 Å². The lowest BCUT2D eigenvalue weighted by molar-refractivity contribution is 0.00578. The van der Waals surface area contributed by atoms with Gasteiger partial charge in [-0.25, -0.2) is 4.79 Å². The van der Waals surface area contributed by atoms with Gasteiger partial charge in [-0.2, -0.15) is 0 Å². The van der Waals surface area contributed by atoms with Crippen LogP contribution < -0.4 is 5.32 Å². The number of hydrogen-bond acceptors (Lipinski definition) is 4. The van der Waals surface area contributed by atoms with Crippen molar-refractivity contribution in [3.8, 4) is 0 Å². The van der Waals surface area contributed by atoms with Crippen molar-refractivity contribution in [2.24, 2.45) is 5.92 Å². The number of carbonyl (C=O) groups is 1. The Bertz CT molecular complexity index is 492. The molecule has 0 spiro atoms. The Morgan fingerprint density at radius 1 is 1.29 bits per heavy atom. The van der Waals surface area contributed by atoms with Crippen LogP contribution in [0.15, 0.2) is 11.5 Å². The summed E-state index contributed by atoms with van der Waals surface area (Å²) in [5, 5.41) is 2.87. The Morgan fingerprint density at radius 3 is 2.33 bits per heavy atom. The van der Waals surface area contributed by atoms with Gasteiger partial charge in [-0.15, -0.1) is 0 Å². The minimum atomic E-state index is -0.458. The van der Waals surface area contributed by atoms with Crippen LogP contribution in [0, 0.1) is 5.92 Å². The summed E-state index contributed by atoms with van der Waals surface area (Å²) in [7, 11) is -0.241. The Labute approximate surface area is 146 Å². The van der Waals surface area contributed by atoms with Gasteiger partial charge in [0.25, 0.3) is 0 Å². The van der Waals surface area contributed by atoms with E-state index in [-0.39, 0.29) is 24.4 Å². The van der Waals surface area contributed by atoms with Crippen molar-refractivity contribution < 1.29 is 18.8 Å². The summed E-state index contributed by atoms with van der Waals surface area (Å²) in [5.74, 6) is 0.434. The van der Waals surface area contributed by atoms with Gasteiger partial charge in [-0.1, -0.05) is 6.08 Å². The van der Waals surface area contributed by atoms with Crippen molar-refractivity contribution in [2.45, 2.75) is 84.5 Å². The number of nitrogens with one attached hydrogen (secondary N) is 1. The Balaban J connectivity index is 1.81. The van der Waals surface area contributed by atoms with Crippen LogP contribution in [0.3, 0.4) is 0 Å². The zero-order valence-electron chi connectivity index (χ0n) is 16.2. The van der Waals surface area contributed by atoms with Crippen LogP contribution in [0.4, 0.5) is 4.79 Å². The molecule has 0 saturated carbocycles. The molecule has 2 aliphatic rings. The average molecular weight is 337 g/mol. The smallest absolute Gasteiger partial charge is 0.444 e. The van der Waals surface area contributed by atoms with Crippen LogP contribution in [-0.4, -0.2) is 36.6 Å². The molecular formula is C18H32BNO4. The molecule has 24 heavy (non-hydrogen) atoms. The van der Waals surface area contributed by atoms with E-state index in [2.05, 4.69) is 39.1 Å². The summed E-state index contributed by atoms with van der Waals surface area (Å²) >= 11 is 0. The lowest BCUT2D eigenvalue weighted by atomic mass is 9.70. The summed E-state index contributed by atoms with van der Waals surface area (Å²) < 4.78 is 17.5. The van der Waals surface area contributed by atoms with E-state index in [1.807, 2.05) is 20.8 Å². The van der Waals surface area contributed by atoms with Crippen LogP contribution in [0.1, 0.15) is 67.7 Å². The van der Waals surface area contributed by atoms with Gasteiger partial charge in [0.05, 0.1) is 11.2 Å². The first-order valence-electron chi connectivity index (χ1n) is 8.91. The number of carbonyl (C=O) groups excluding carboxylic acids is 1. The number of alkyl carbamates (subject to hydrolysis) is 1. The first-order valence-corrected chi connectivity index (χ1v) is 8.91. The predicted octanol–water partition coefficient (Wildman–Crippen LogP) is 3.87. The molecule has 1 amide bonds. The van der Waals surface area contributed by atoms with Crippen LogP contribution in [-0.2, 0) is 14.0 Å². The van der Waals surface area contributed by atoms with E-state index >= 15 is 0 Å². The Hall–Kier alpha value is -1.01. The van der Waals surface area contributed by atoms with Crippen molar-refractivity contribution in [1.82, 2.24) is 5.32 Å². The van der Waals surface area contributed by atoms with Gasteiger partial charge >= 0.3 is 13.2 Å². The quantitative estimate of drug-likeness (QED) is 0.795. The zero-order valence-corrected chi connectivity index (χ0v) is 16.2. The monoisotopic (exact) mass is 337 g/mol. The van der Waals surface area contributed by atoms with Crippen molar-refractivity contribution >= 4 is 13.2 Å². The Morgan fingerprint density at radius 2 is 1.88 bits per heavy atom. The summed E-state index contributed by atoms with van der Waals surface area (Å²) in [4.78, 5) is 11.7. The maximum Gasteiger partial charge on any atom is 0.490 e. The highest BCUT2D eigenvalue weighted by atomic mass is 16.7. The van der Waals surface area contributed by atoms with Gasteiger partial charge in [0.15, 0.2) is 0 Å². The van der Waals surface area contributed by atoms with Crippen molar-refractivity contribution in [3.63, 3.8) is 0 Å². The molecular weight excluding hydrogens is 305 g/mol. The van der Waals surface area contributed by atoms with E-state index < -0.39 is 5.60 Å². The molecule has 1 unspecified atom stereocenters. The van der Waals surface area contributed by atoms with Crippen molar-refractivity contribution in [2.75, 3.05) is 6.54 Å². The first-order chi connectivity index (χ1) is 10.9. The first kappa shape index (κ1) is 19.3. The minimum Gasteiger partial charge on any atom is -0.444 e. The standard InChI is InChI=1S/C18H32BNO4/c1-16(2,3)22-15(21)20-12-13-8-10-14(11-9-13)19-23-17(4,5)18(6,7)24-19/h10,13H,8-9,11-12H2,1-7H3,(H,20,21). The van der Waals surface area contributed by atoms with Gasteiger partial charge in [0.1, 0.15) is 5.60 Å². The van der Waals surface area contributed by atoms with Gasteiger partial charge in [-0.3, -0.25) is 0 Å². The molecule has 2 rings (SSSR count). The number of hydrogen-bond donors (Lipinski definition) is 1. The third-order valence-electron chi connectivity index (χ3n) is 5.04. The molecule has 1 atom stereocenters. The highest BCUT2D eigenvalue weighted by Crippen LogP contribution is 2.40. The number of ether oxygens (including phenoxy) is 1. The van der Waals surface area contributed by atoms with E-state index in [0.717, 1.165) is 19.3 Å². The van der Waals surface area contributed by atoms with Gasteiger partial charge in [-0.05, 0) is 79.1 Å². The molecule has 1 fully saturated rings. The summed E-state index contributed by atoms with van der Waals surface area (Å²) in [6, 6.07) is 0. The van der Waals surface area contributed by atoms with Crippen molar-refractivity contribution in [1.29, 1.82) is 0 Å². The zero-order chi connectivity index (χ0) is 18.2. The van der Waals surface area contributed by atoms with Crippen LogP contribution in [0.25, 0.3) is 0 Å². The molecule has 1 aliphatic carbocycles. The van der Waals surface area contributed by atoms with E-state index in [0.29, 0.717) is 12.5 Å². The molecule has 1 heterocycles. The third kappa shape index (κ3) is 4.76. The highest BCUT2D eigenvalue weighted by Gasteiger charge is 2.52. The lowest BCUT2D eigenvalue weighted by Gasteiger charge is -2.32. The van der Waals surface area contributed by atoms with Gasteiger partial charge < -0.3 is 19.4 Å². The van der Waals surface area contributed by atoms with E-state index in [4.69, 9.17) is 14.0 Å². The molecule has 0 radical (unpaired) electrons. The minimum absolute atomic E-state index is 0.241. The normalized spacial score (nSPS) is 26.0. The maximum absolute atomic E-state index is 11.7. The summed E-state index contributed by atoms with van der Waals surface area (Å²) in [6.07, 6.45) is 4.76. The van der Waals surface area contributed by atoms with Crippen LogP contribution in [0.5, 0.6) is 0 Å². The Kier molecular flexibility index (Phi) is 5.41. The molecule has 0 aromatic rings. The van der Waals surface area contributed by atoms with Crippen molar-refractivity contribution in [3.05, 3.63) is 11.5 Å². The average Bonchev–Trinajstić information content (AvgIpc) is 2.64. The fourth-order valence-electron chi connectivity index (χ4n) is 2.84. The molecule has 0 bridgehead atoms. The highest BCUT2D eigenvalue weighted by molar-refractivity contribution is 6.54. The molecule has 6 heteroatoms. The second-order valence-corrected chi connectivity index (χ2v) is 8.89. The molecule has 0 aromatic carbocycles.